The lowest BCUT2D eigenvalue weighted by atomic mass is 9.97. The van der Waals surface area contributed by atoms with Crippen LogP contribution in [-0.2, 0) is 22.4 Å². The number of amides is 1. The first kappa shape index (κ1) is 15.6. The molecule has 1 amide bonds. The molecule has 0 bridgehead atoms. The first-order valence-corrected chi connectivity index (χ1v) is 8.18. The monoisotopic (exact) mass is 332 g/mol. The Balaban J connectivity index is 1.57. The summed E-state index contributed by atoms with van der Waals surface area (Å²) in [6.07, 6.45) is 0.737. The van der Waals surface area contributed by atoms with E-state index in [1.807, 2.05) is 24.3 Å². The van der Waals surface area contributed by atoms with Crippen LogP contribution in [0.5, 0.6) is 0 Å². The number of benzene rings is 1. The predicted molar refractivity (Wildman–Crippen MR) is 84.6 cm³/mol. The Morgan fingerprint density at radius 2 is 2.22 bits per heavy atom. The number of carbonyl (C=O) groups is 2. The molecule has 0 aliphatic carbocycles. The lowest BCUT2D eigenvalue weighted by Crippen LogP contribution is -2.34. The molecule has 2 aromatic rings. The fraction of sp³-hybridized carbons (Fsp3) is 0.312. The lowest BCUT2D eigenvalue weighted by Gasteiger charge is -2.25. The number of fused-ring (bicyclic) bond motifs is 1. The summed E-state index contributed by atoms with van der Waals surface area (Å²) >= 11 is 1.28. The molecule has 2 N–H and O–H groups in total. The maximum Gasteiger partial charge on any atom is 0.355 e. The molecule has 1 aliphatic rings. The molecule has 120 valence electrons. The highest BCUT2D eigenvalue weighted by molar-refractivity contribution is 7.09. The summed E-state index contributed by atoms with van der Waals surface area (Å²) in [5.74, 6) is -1.21. The van der Waals surface area contributed by atoms with Crippen LogP contribution in [-0.4, -0.2) is 35.1 Å². The molecule has 0 saturated carbocycles. The molecule has 23 heavy (non-hydrogen) atoms. The first-order chi connectivity index (χ1) is 11.1. The van der Waals surface area contributed by atoms with Gasteiger partial charge in [-0.3, -0.25) is 4.79 Å². The Morgan fingerprint density at radius 3 is 3.00 bits per heavy atom. The molecule has 1 aromatic heterocycles. The molecule has 1 aromatic carbocycles. The number of carboxylic acid groups (broad SMARTS) is 1. The summed E-state index contributed by atoms with van der Waals surface area (Å²) < 4.78 is 5.60. The second-order valence-electron chi connectivity index (χ2n) is 5.17. The molecule has 7 heteroatoms. The Kier molecular flexibility index (Phi) is 4.68. The van der Waals surface area contributed by atoms with Crippen LogP contribution in [0.25, 0.3) is 0 Å². The molecule has 1 atom stereocenters. The maximum absolute atomic E-state index is 12.3. The third-order valence-corrected chi connectivity index (χ3v) is 4.55. The summed E-state index contributed by atoms with van der Waals surface area (Å²) in [5.41, 5.74) is 2.10. The van der Waals surface area contributed by atoms with E-state index < -0.39 is 12.1 Å². The molecule has 0 radical (unpaired) electrons. The first-order valence-electron chi connectivity index (χ1n) is 7.30. The topological polar surface area (TPSA) is 88.5 Å². The van der Waals surface area contributed by atoms with E-state index >= 15 is 0 Å². The molecule has 1 unspecified atom stereocenters. The van der Waals surface area contributed by atoms with Crippen LogP contribution in [0.4, 0.5) is 0 Å². The van der Waals surface area contributed by atoms with Crippen molar-refractivity contribution in [3.05, 3.63) is 51.5 Å². The van der Waals surface area contributed by atoms with Crippen LogP contribution < -0.4 is 5.32 Å². The van der Waals surface area contributed by atoms with Gasteiger partial charge in [0.2, 0.25) is 0 Å². The van der Waals surface area contributed by atoms with Gasteiger partial charge in [0.25, 0.3) is 5.91 Å². The Bertz CT molecular complexity index is 728. The van der Waals surface area contributed by atoms with E-state index in [0.717, 1.165) is 17.5 Å². The van der Waals surface area contributed by atoms with Crippen LogP contribution in [0.2, 0.25) is 0 Å². The van der Waals surface area contributed by atoms with Crippen molar-refractivity contribution < 1.29 is 19.4 Å². The quantitative estimate of drug-likeness (QED) is 0.872. The van der Waals surface area contributed by atoms with Gasteiger partial charge in [0, 0.05) is 18.3 Å². The third-order valence-electron chi connectivity index (χ3n) is 3.64. The van der Waals surface area contributed by atoms with Gasteiger partial charge in [-0.15, -0.1) is 11.3 Å². The summed E-state index contributed by atoms with van der Waals surface area (Å²) in [6.45, 7) is 0.928. The van der Waals surface area contributed by atoms with Gasteiger partial charge < -0.3 is 15.2 Å². The number of nitrogens with zero attached hydrogens (tertiary/aromatic N) is 1. The Morgan fingerprint density at radius 1 is 1.39 bits per heavy atom. The molecule has 2 heterocycles. The summed E-state index contributed by atoms with van der Waals surface area (Å²) in [4.78, 5) is 27.1. The van der Waals surface area contributed by atoms with Gasteiger partial charge in [0.05, 0.1) is 11.6 Å². The zero-order valence-electron chi connectivity index (χ0n) is 12.3. The van der Waals surface area contributed by atoms with Gasteiger partial charge in [-0.05, 0) is 17.5 Å². The SMILES string of the molecule is O=C(O)c1csc(CCNC(=O)C2OCCc3ccccc32)n1. The van der Waals surface area contributed by atoms with E-state index in [1.54, 1.807) is 0 Å². The number of carbonyl (C=O) groups excluding carboxylic acids is 1. The molecular weight excluding hydrogens is 316 g/mol. The van der Waals surface area contributed by atoms with E-state index in [2.05, 4.69) is 10.3 Å². The third kappa shape index (κ3) is 3.57. The smallest absolute Gasteiger partial charge is 0.355 e. The Labute approximate surface area is 137 Å². The van der Waals surface area contributed by atoms with Crippen molar-refractivity contribution in [1.29, 1.82) is 0 Å². The second-order valence-corrected chi connectivity index (χ2v) is 6.11. The number of carboxylic acids is 1. The number of rotatable bonds is 5. The molecule has 3 rings (SSSR count). The minimum absolute atomic E-state index is 0.0425. The zero-order valence-corrected chi connectivity index (χ0v) is 13.1. The highest BCUT2D eigenvalue weighted by Crippen LogP contribution is 2.26. The van der Waals surface area contributed by atoms with Crippen LogP contribution in [0, 0.1) is 0 Å². The van der Waals surface area contributed by atoms with Crippen LogP contribution in [0.1, 0.15) is 32.7 Å². The van der Waals surface area contributed by atoms with Crippen LogP contribution >= 0.6 is 11.3 Å². The summed E-state index contributed by atoms with van der Waals surface area (Å²) in [5, 5.41) is 13.9. The standard InChI is InChI=1S/C16H16N2O4S/c19-15(14-11-4-2-1-3-10(11)6-8-22-14)17-7-5-13-18-12(9-23-13)16(20)21/h1-4,9,14H,5-8H2,(H,17,19)(H,20,21). The van der Waals surface area contributed by atoms with Crippen molar-refractivity contribution >= 4 is 23.2 Å². The number of nitrogens with one attached hydrogen (secondary N) is 1. The van der Waals surface area contributed by atoms with Crippen molar-refractivity contribution in [1.82, 2.24) is 10.3 Å². The van der Waals surface area contributed by atoms with Gasteiger partial charge in [0.1, 0.15) is 0 Å². The van der Waals surface area contributed by atoms with E-state index in [4.69, 9.17) is 9.84 Å². The van der Waals surface area contributed by atoms with Crippen molar-refractivity contribution in [3.8, 4) is 0 Å². The van der Waals surface area contributed by atoms with E-state index in [1.165, 1.54) is 16.7 Å². The fourth-order valence-electron chi connectivity index (χ4n) is 2.52. The zero-order chi connectivity index (χ0) is 16.2. The van der Waals surface area contributed by atoms with Crippen LogP contribution in [0.15, 0.2) is 29.6 Å². The number of aromatic carboxylic acids is 1. The van der Waals surface area contributed by atoms with Crippen molar-refractivity contribution in [2.45, 2.75) is 18.9 Å². The average molecular weight is 332 g/mol. The van der Waals surface area contributed by atoms with Gasteiger partial charge in [0.15, 0.2) is 11.8 Å². The number of aromatic nitrogens is 1. The highest BCUT2D eigenvalue weighted by atomic mass is 32.1. The number of ether oxygens (including phenoxy) is 1. The Hall–Kier alpha value is -2.25. The minimum atomic E-state index is -1.04. The molecule has 0 saturated heterocycles. The molecular formula is C16H16N2O4S. The number of thiazole rings is 1. The van der Waals surface area contributed by atoms with Gasteiger partial charge in [-0.1, -0.05) is 24.3 Å². The van der Waals surface area contributed by atoms with Gasteiger partial charge >= 0.3 is 5.97 Å². The largest absolute Gasteiger partial charge is 0.476 e. The lowest BCUT2D eigenvalue weighted by molar-refractivity contribution is -0.134. The van der Waals surface area contributed by atoms with Crippen molar-refractivity contribution in [2.24, 2.45) is 0 Å². The molecule has 1 aliphatic heterocycles. The normalized spacial score (nSPS) is 16.6. The van der Waals surface area contributed by atoms with Gasteiger partial charge in [-0.25, -0.2) is 9.78 Å². The van der Waals surface area contributed by atoms with Crippen molar-refractivity contribution in [2.75, 3.05) is 13.2 Å². The maximum atomic E-state index is 12.3. The van der Waals surface area contributed by atoms with E-state index in [9.17, 15) is 9.59 Å². The van der Waals surface area contributed by atoms with Crippen molar-refractivity contribution in [3.63, 3.8) is 0 Å². The van der Waals surface area contributed by atoms with E-state index in [0.29, 0.717) is 24.6 Å². The van der Waals surface area contributed by atoms with E-state index in [-0.39, 0.29) is 11.6 Å². The average Bonchev–Trinajstić information content (AvgIpc) is 3.03. The summed E-state index contributed by atoms with van der Waals surface area (Å²) in [7, 11) is 0. The summed E-state index contributed by atoms with van der Waals surface area (Å²) in [6, 6.07) is 7.79. The second kappa shape index (κ2) is 6.89. The fourth-order valence-corrected chi connectivity index (χ4v) is 3.29. The highest BCUT2D eigenvalue weighted by Gasteiger charge is 2.26. The molecule has 0 fully saturated rings. The molecule has 0 spiro atoms. The van der Waals surface area contributed by atoms with Gasteiger partial charge in [-0.2, -0.15) is 0 Å². The minimum Gasteiger partial charge on any atom is -0.476 e. The molecule has 6 nitrogen and oxygen atoms in total. The number of hydrogen-bond donors (Lipinski definition) is 2. The number of hydrogen-bond acceptors (Lipinski definition) is 5. The predicted octanol–water partition coefficient (Wildman–Crippen LogP) is 1.81. The van der Waals surface area contributed by atoms with Crippen LogP contribution in [0.3, 0.4) is 0 Å².